The average molecular weight is 265 g/mol. The lowest BCUT2D eigenvalue weighted by atomic mass is 10.0. The summed E-state index contributed by atoms with van der Waals surface area (Å²) in [4.78, 5) is 15.3. The number of para-hydroxylation sites is 1. The summed E-state index contributed by atoms with van der Waals surface area (Å²) >= 11 is 0. The van der Waals surface area contributed by atoms with E-state index in [9.17, 15) is 9.90 Å². The van der Waals surface area contributed by atoms with Gasteiger partial charge < -0.3 is 10.1 Å². The second kappa shape index (κ2) is 4.53. The lowest BCUT2D eigenvalue weighted by Crippen LogP contribution is -1.96. The van der Waals surface area contributed by atoms with Crippen LogP contribution in [0.15, 0.2) is 48.0 Å². The van der Waals surface area contributed by atoms with Crippen molar-refractivity contribution in [2.45, 2.75) is 13.8 Å². The Hall–Kier alpha value is -2.55. The van der Waals surface area contributed by atoms with Crippen LogP contribution in [0, 0.1) is 0 Å². The third kappa shape index (κ3) is 1.88. The molecule has 0 spiro atoms. The Morgan fingerprint density at radius 1 is 1.10 bits per heavy atom. The van der Waals surface area contributed by atoms with E-state index in [1.165, 1.54) is 6.08 Å². The smallest absolute Gasteiger partial charge is 0.189 e. The van der Waals surface area contributed by atoms with Gasteiger partial charge in [0, 0.05) is 16.3 Å². The van der Waals surface area contributed by atoms with Crippen molar-refractivity contribution in [3.8, 4) is 5.75 Å². The van der Waals surface area contributed by atoms with Crippen molar-refractivity contribution in [2.75, 3.05) is 0 Å². The summed E-state index contributed by atoms with van der Waals surface area (Å²) in [5.74, 6) is -0.163. The van der Waals surface area contributed by atoms with Gasteiger partial charge in [-0.25, -0.2) is 0 Å². The van der Waals surface area contributed by atoms with Crippen molar-refractivity contribution in [3.63, 3.8) is 0 Å². The van der Waals surface area contributed by atoms with Gasteiger partial charge in [0.2, 0.25) is 0 Å². The molecule has 2 aromatic carbocycles. The highest BCUT2D eigenvalue weighted by Crippen LogP contribution is 2.33. The molecule has 1 heterocycles. The van der Waals surface area contributed by atoms with E-state index in [0.717, 1.165) is 21.9 Å². The number of phenols is 1. The fourth-order valence-electron chi connectivity index (χ4n) is 2.44. The van der Waals surface area contributed by atoms with E-state index >= 15 is 0 Å². The van der Waals surface area contributed by atoms with Gasteiger partial charge in [-0.1, -0.05) is 29.8 Å². The normalized spacial score (nSPS) is 10.9. The zero-order valence-electron chi connectivity index (χ0n) is 11.4. The molecule has 0 saturated heterocycles. The zero-order valence-corrected chi connectivity index (χ0v) is 11.4. The maximum absolute atomic E-state index is 12.1. The van der Waals surface area contributed by atoms with E-state index in [1.54, 1.807) is 6.07 Å². The Morgan fingerprint density at radius 3 is 2.60 bits per heavy atom. The first kappa shape index (κ1) is 12.5. The number of H-pyrrole nitrogens is 1. The van der Waals surface area contributed by atoms with Gasteiger partial charge >= 0.3 is 0 Å². The second-order valence-corrected chi connectivity index (χ2v) is 5.14. The van der Waals surface area contributed by atoms with Gasteiger partial charge in [0.15, 0.2) is 11.5 Å². The molecule has 3 nitrogen and oxygen atoms in total. The summed E-state index contributed by atoms with van der Waals surface area (Å²) in [6, 6.07) is 11.4. The molecule has 3 heteroatoms. The molecule has 0 aliphatic heterocycles. The highest BCUT2D eigenvalue weighted by atomic mass is 16.3. The second-order valence-electron chi connectivity index (χ2n) is 5.14. The maximum Gasteiger partial charge on any atom is 0.189 e. The minimum absolute atomic E-state index is 0.0150. The number of ketones is 1. The molecule has 100 valence electrons. The van der Waals surface area contributed by atoms with Gasteiger partial charge in [-0.05, 0) is 32.1 Å². The number of nitrogens with one attached hydrogen (secondary N) is 1. The standard InChI is InChI=1S/C17H15NO2/c1-10(2)9-15(19)13-8-7-12-11-5-3-4-6-14(11)18-16(12)17(13)20/h3-9,18,20H,1-2H3. The molecule has 0 atom stereocenters. The van der Waals surface area contributed by atoms with Crippen molar-refractivity contribution in [3.05, 3.63) is 53.6 Å². The minimum Gasteiger partial charge on any atom is -0.505 e. The molecule has 0 radical (unpaired) electrons. The van der Waals surface area contributed by atoms with E-state index < -0.39 is 0 Å². The highest BCUT2D eigenvalue weighted by molar-refractivity contribution is 6.15. The van der Waals surface area contributed by atoms with E-state index in [1.807, 2.05) is 44.2 Å². The number of aromatic amines is 1. The van der Waals surface area contributed by atoms with Crippen molar-refractivity contribution in [1.29, 1.82) is 0 Å². The number of allylic oxidation sites excluding steroid dienone is 2. The number of fused-ring (bicyclic) bond motifs is 3. The molecule has 20 heavy (non-hydrogen) atoms. The molecular formula is C17H15NO2. The summed E-state index contributed by atoms with van der Waals surface area (Å²) in [5.41, 5.74) is 2.79. The van der Waals surface area contributed by atoms with E-state index in [2.05, 4.69) is 4.98 Å². The predicted octanol–water partition coefficient (Wildman–Crippen LogP) is 4.18. The molecule has 0 bridgehead atoms. The lowest BCUT2D eigenvalue weighted by molar-refractivity contribution is 0.104. The molecular weight excluding hydrogens is 250 g/mol. The first-order chi connectivity index (χ1) is 9.58. The van der Waals surface area contributed by atoms with Crippen LogP contribution in [0.5, 0.6) is 5.75 Å². The van der Waals surface area contributed by atoms with Gasteiger partial charge in [0.1, 0.15) is 0 Å². The monoisotopic (exact) mass is 265 g/mol. The minimum atomic E-state index is -0.178. The largest absolute Gasteiger partial charge is 0.505 e. The summed E-state index contributed by atoms with van der Waals surface area (Å²) < 4.78 is 0. The number of hydrogen-bond acceptors (Lipinski definition) is 2. The van der Waals surface area contributed by atoms with Gasteiger partial charge in [-0.15, -0.1) is 0 Å². The molecule has 0 fully saturated rings. The lowest BCUT2D eigenvalue weighted by Gasteiger charge is -2.02. The first-order valence-corrected chi connectivity index (χ1v) is 6.49. The van der Waals surface area contributed by atoms with E-state index in [-0.39, 0.29) is 11.5 Å². The number of carbonyl (C=O) groups excluding carboxylic acids is 1. The summed E-state index contributed by atoms with van der Waals surface area (Å²) in [5, 5.41) is 12.3. The van der Waals surface area contributed by atoms with Crippen LogP contribution >= 0.6 is 0 Å². The molecule has 1 aromatic heterocycles. The van der Waals surface area contributed by atoms with Gasteiger partial charge in [-0.2, -0.15) is 0 Å². The average Bonchev–Trinajstić information content (AvgIpc) is 2.78. The van der Waals surface area contributed by atoms with E-state index in [0.29, 0.717) is 11.1 Å². The van der Waals surface area contributed by atoms with Crippen LogP contribution in [0.2, 0.25) is 0 Å². The van der Waals surface area contributed by atoms with Gasteiger partial charge in [0.05, 0.1) is 11.1 Å². The van der Waals surface area contributed by atoms with Crippen LogP contribution < -0.4 is 0 Å². The van der Waals surface area contributed by atoms with Crippen molar-refractivity contribution < 1.29 is 9.90 Å². The molecule has 0 amide bonds. The Balaban J connectivity index is 2.28. The van der Waals surface area contributed by atoms with Crippen LogP contribution in [0.3, 0.4) is 0 Å². The van der Waals surface area contributed by atoms with Crippen molar-refractivity contribution in [2.24, 2.45) is 0 Å². The fraction of sp³-hybridized carbons (Fsp3) is 0.118. The Labute approximate surface area is 116 Å². The molecule has 0 aliphatic carbocycles. The maximum atomic E-state index is 12.1. The third-order valence-electron chi connectivity index (χ3n) is 3.34. The molecule has 3 aromatic rings. The van der Waals surface area contributed by atoms with Crippen molar-refractivity contribution >= 4 is 27.6 Å². The number of benzene rings is 2. The Morgan fingerprint density at radius 2 is 1.85 bits per heavy atom. The number of aromatic hydroxyl groups is 1. The Kier molecular flexibility index (Phi) is 2.83. The molecule has 0 unspecified atom stereocenters. The number of rotatable bonds is 2. The highest BCUT2D eigenvalue weighted by Gasteiger charge is 2.15. The zero-order chi connectivity index (χ0) is 14.3. The topological polar surface area (TPSA) is 53.1 Å². The summed E-state index contributed by atoms with van der Waals surface area (Å²) in [6.07, 6.45) is 1.53. The van der Waals surface area contributed by atoms with Gasteiger partial charge in [0.25, 0.3) is 0 Å². The number of carbonyl (C=O) groups is 1. The van der Waals surface area contributed by atoms with E-state index in [4.69, 9.17) is 0 Å². The van der Waals surface area contributed by atoms with Crippen LogP contribution in [0.4, 0.5) is 0 Å². The van der Waals surface area contributed by atoms with Crippen LogP contribution in [-0.4, -0.2) is 15.9 Å². The van der Waals surface area contributed by atoms with Gasteiger partial charge in [-0.3, -0.25) is 4.79 Å². The predicted molar refractivity (Wildman–Crippen MR) is 81.2 cm³/mol. The SMILES string of the molecule is CC(C)=CC(=O)c1ccc2c([nH]c3ccccc32)c1O. The number of phenolic OH excluding ortho intramolecular Hbond substituents is 1. The van der Waals surface area contributed by atoms with Crippen LogP contribution in [0.25, 0.3) is 21.8 Å². The summed E-state index contributed by atoms with van der Waals surface area (Å²) in [6.45, 7) is 3.72. The third-order valence-corrected chi connectivity index (χ3v) is 3.34. The van der Waals surface area contributed by atoms with Crippen molar-refractivity contribution in [1.82, 2.24) is 4.98 Å². The molecule has 2 N–H and O–H groups in total. The first-order valence-electron chi connectivity index (χ1n) is 6.49. The van der Waals surface area contributed by atoms with Crippen LogP contribution in [-0.2, 0) is 0 Å². The molecule has 0 aliphatic rings. The molecule has 0 saturated carbocycles. The fourth-order valence-corrected chi connectivity index (χ4v) is 2.44. The number of aromatic nitrogens is 1. The summed E-state index contributed by atoms with van der Waals surface area (Å²) in [7, 11) is 0. The van der Waals surface area contributed by atoms with Crippen LogP contribution in [0.1, 0.15) is 24.2 Å². The Bertz CT molecular complexity index is 852. The molecule has 3 rings (SSSR count). The quantitative estimate of drug-likeness (QED) is 0.539. The number of hydrogen-bond donors (Lipinski definition) is 2.